The molecule has 0 spiro atoms. The molecule has 1 aromatic carbocycles. The van der Waals surface area contributed by atoms with Crippen molar-refractivity contribution < 1.29 is 33.5 Å². The smallest absolute Gasteiger partial charge is 0.545 e. The summed E-state index contributed by atoms with van der Waals surface area (Å²) in [7, 11) is 0. The number of carboxylic acid groups (broad SMARTS) is 1. The van der Waals surface area contributed by atoms with E-state index < -0.39 is 6.16 Å². The summed E-state index contributed by atoms with van der Waals surface area (Å²) in [4.78, 5) is 9.84. The van der Waals surface area contributed by atoms with Gasteiger partial charge in [-0.15, -0.1) is 0 Å². The Morgan fingerprint density at radius 2 is 1.92 bits per heavy atom. The normalized spacial score (nSPS) is 8.33. The fourth-order valence-electron chi connectivity index (χ4n) is 0.716. The first-order valence-electron chi connectivity index (χ1n) is 3.17. The molecule has 0 aromatic heterocycles. The molecule has 0 amide bonds. The molecule has 0 fully saturated rings. The van der Waals surface area contributed by atoms with E-state index in [1.54, 1.807) is 12.1 Å². The van der Waals surface area contributed by atoms with Crippen LogP contribution in [0.2, 0.25) is 0 Å². The van der Waals surface area contributed by atoms with Crippen molar-refractivity contribution in [3.8, 4) is 0 Å². The van der Waals surface area contributed by atoms with Gasteiger partial charge in [-0.2, -0.15) is 0 Å². The second-order valence-corrected chi connectivity index (χ2v) is 2.02. The van der Waals surface area contributed by atoms with E-state index in [4.69, 9.17) is 0 Å². The van der Waals surface area contributed by atoms with Crippen LogP contribution in [0, 0.1) is 0 Å². The van der Waals surface area contributed by atoms with Crippen LogP contribution in [0.3, 0.4) is 0 Å². The van der Waals surface area contributed by atoms with Crippen molar-refractivity contribution >= 4 is 6.16 Å². The maximum absolute atomic E-state index is 9.84. The Morgan fingerprint density at radius 1 is 1.33 bits per heavy atom. The van der Waals surface area contributed by atoms with Gasteiger partial charge in [-0.25, -0.2) is 0 Å². The van der Waals surface area contributed by atoms with Gasteiger partial charge in [0.2, 0.25) is 0 Å². The Bertz CT molecular complexity index is 235. The zero-order valence-corrected chi connectivity index (χ0v) is 6.82. The van der Waals surface area contributed by atoms with Crippen LogP contribution in [-0.4, -0.2) is 6.16 Å². The van der Waals surface area contributed by atoms with E-state index in [9.17, 15) is 9.90 Å². The zero-order chi connectivity index (χ0) is 8.10. The van der Waals surface area contributed by atoms with E-state index >= 15 is 0 Å². The van der Waals surface area contributed by atoms with Gasteiger partial charge in [-0.1, -0.05) is 30.3 Å². The van der Waals surface area contributed by atoms with Crippen LogP contribution in [0.1, 0.15) is 5.56 Å². The van der Waals surface area contributed by atoms with Crippen LogP contribution in [-0.2, 0) is 11.3 Å². The second kappa shape index (κ2) is 5.70. The van der Waals surface area contributed by atoms with E-state index in [1.807, 2.05) is 18.2 Å². The maximum atomic E-state index is 9.84. The molecular formula is C8H7LiO3. The molecule has 0 aliphatic carbocycles. The Balaban J connectivity index is 0.00000121. The van der Waals surface area contributed by atoms with Crippen LogP contribution in [0.15, 0.2) is 30.3 Å². The van der Waals surface area contributed by atoms with Gasteiger partial charge in [0.25, 0.3) is 6.16 Å². The average Bonchev–Trinajstić information content (AvgIpc) is 2.03. The predicted molar refractivity (Wildman–Crippen MR) is 36.6 cm³/mol. The Morgan fingerprint density at radius 3 is 2.42 bits per heavy atom. The third kappa shape index (κ3) is 4.07. The first kappa shape index (κ1) is 11.1. The average molecular weight is 158 g/mol. The Hall–Kier alpha value is -0.913. The molecule has 0 heterocycles. The Labute approximate surface area is 82.5 Å². The van der Waals surface area contributed by atoms with Gasteiger partial charge in [0, 0.05) is 0 Å². The van der Waals surface area contributed by atoms with Gasteiger partial charge in [-0.3, -0.25) is 0 Å². The van der Waals surface area contributed by atoms with E-state index in [1.165, 1.54) is 0 Å². The standard InChI is InChI=1S/C8H8O3.Li/c9-8(10)11-6-7-4-2-1-3-5-7;/h1-5H,6H2,(H,9,10);/q;+1/p-1. The molecule has 58 valence electrons. The summed E-state index contributed by atoms with van der Waals surface area (Å²) < 4.78 is 4.23. The van der Waals surface area contributed by atoms with Gasteiger partial charge in [0.1, 0.15) is 0 Å². The monoisotopic (exact) mass is 158 g/mol. The van der Waals surface area contributed by atoms with Crippen LogP contribution in [0.25, 0.3) is 0 Å². The molecule has 0 radical (unpaired) electrons. The molecule has 0 aliphatic heterocycles. The molecule has 0 bridgehead atoms. The summed E-state index contributed by atoms with van der Waals surface area (Å²) in [5, 5.41) is 9.84. The SMILES string of the molecule is O=C([O-])OCc1ccccc1.[Li+]. The fraction of sp³-hybridized carbons (Fsp3) is 0.125. The second-order valence-electron chi connectivity index (χ2n) is 2.02. The van der Waals surface area contributed by atoms with Gasteiger partial charge < -0.3 is 14.6 Å². The summed E-state index contributed by atoms with van der Waals surface area (Å²) in [6.45, 7) is 0.0587. The maximum Gasteiger partial charge on any atom is 1.00 e. The first-order valence-corrected chi connectivity index (χ1v) is 3.17. The number of hydrogen-bond donors (Lipinski definition) is 0. The van der Waals surface area contributed by atoms with Crippen LogP contribution in [0.5, 0.6) is 0 Å². The summed E-state index contributed by atoms with van der Waals surface area (Å²) in [5.41, 5.74) is 0.816. The number of rotatable bonds is 2. The van der Waals surface area contributed by atoms with Gasteiger partial charge >= 0.3 is 18.9 Å². The number of carbonyl (C=O) groups excluding carboxylic acids is 1. The molecule has 1 rings (SSSR count). The molecular weight excluding hydrogens is 151 g/mol. The van der Waals surface area contributed by atoms with Crippen LogP contribution < -0.4 is 24.0 Å². The molecule has 0 saturated carbocycles. The molecule has 0 aliphatic rings. The van der Waals surface area contributed by atoms with Crippen molar-refractivity contribution in [2.24, 2.45) is 0 Å². The van der Waals surface area contributed by atoms with E-state index in [-0.39, 0.29) is 25.5 Å². The number of hydrogen-bond acceptors (Lipinski definition) is 3. The predicted octanol–water partition coefficient (Wildman–Crippen LogP) is -2.45. The van der Waals surface area contributed by atoms with Gasteiger partial charge in [0.05, 0.1) is 6.61 Å². The van der Waals surface area contributed by atoms with E-state index in [0.29, 0.717) is 0 Å². The summed E-state index contributed by atoms with van der Waals surface area (Å²) in [5.74, 6) is 0. The van der Waals surface area contributed by atoms with Gasteiger partial charge in [0.15, 0.2) is 0 Å². The minimum Gasteiger partial charge on any atom is -0.545 e. The summed E-state index contributed by atoms with van der Waals surface area (Å²) in [6, 6.07) is 9.04. The number of benzene rings is 1. The van der Waals surface area contributed by atoms with E-state index in [0.717, 1.165) is 5.56 Å². The van der Waals surface area contributed by atoms with Crippen LogP contribution in [0.4, 0.5) is 4.79 Å². The minimum absolute atomic E-state index is 0. The Kier molecular flexibility index (Phi) is 5.27. The van der Waals surface area contributed by atoms with Crippen molar-refractivity contribution in [2.45, 2.75) is 6.61 Å². The molecule has 0 N–H and O–H groups in total. The summed E-state index contributed by atoms with van der Waals surface area (Å²) >= 11 is 0. The third-order valence-corrected chi connectivity index (χ3v) is 1.20. The molecule has 1 aromatic rings. The topological polar surface area (TPSA) is 49.4 Å². The molecule has 0 saturated heterocycles. The zero-order valence-electron chi connectivity index (χ0n) is 6.82. The first-order chi connectivity index (χ1) is 5.29. The summed E-state index contributed by atoms with van der Waals surface area (Å²) in [6.07, 6.45) is -1.49. The molecule has 3 nitrogen and oxygen atoms in total. The fourth-order valence-corrected chi connectivity index (χ4v) is 0.716. The van der Waals surface area contributed by atoms with Crippen molar-refractivity contribution in [3.63, 3.8) is 0 Å². The van der Waals surface area contributed by atoms with Crippen LogP contribution >= 0.6 is 0 Å². The third-order valence-electron chi connectivity index (χ3n) is 1.20. The minimum atomic E-state index is -1.49. The molecule has 4 heteroatoms. The van der Waals surface area contributed by atoms with Crippen molar-refractivity contribution in [1.82, 2.24) is 0 Å². The van der Waals surface area contributed by atoms with E-state index in [2.05, 4.69) is 4.74 Å². The number of ether oxygens (including phenoxy) is 1. The quantitative estimate of drug-likeness (QED) is 0.354. The number of carbonyl (C=O) groups is 1. The molecule has 0 atom stereocenters. The van der Waals surface area contributed by atoms with Crippen molar-refractivity contribution in [2.75, 3.05) is 0 Å². The van der Waals surface area contributed by atoms with Crippen molar-refractivity contribution in [3.05, 3.63) is 35.9 Å². The largest absolute Gasteiger partial charge is 1.00 e. The van der Waals surface area contributed by atoms with Crippen molar-refractivity contribution in [1.29, 1.82) is 0 Å². The molecule has 0 unspecified atom stereocenters. The van der Waals surface area contributed by atoms with Gasteiger partial charge in [-0.05, 0) is 5.56 Å². The molecule has 12 heavy (non-hydrogen) atoms.